The molecule has 4 aromatic carbocycles. The van der Waals surface area contributed by atoms with Gasteiger partial charge in [0.2, 0.25) is 0 Å². The zero-order valence-electron chi connectivity index (χ0n) is 18.5. The molecule has 0 N–H and O–H groups in total. The molecule has 158 valence electrons. The molecule has 0 atom stereocenters. The van der Waals surface area contributed by atoms with Crippen LogP contribution in [0.5, 0.6) is 0 Å². The first-order valence-corrected chi connectivity index (χ1v) is 13.8. The van der Waals surface area contributed by atoms with Crippen molar-refractivity contribution in [3.05, 3.63) is 126 Å². The predicted molar refractivity (Wildman–Crippen MR) is 140 cm³/mol. The van der Waals surface area contributed by atoms with E-state index in [1.165, 1.54) is 52.5 Å². The van der Waals surface area contributed by atoms with Crippen LogP contribution in [0.2, 0.25) is 0 Å². The van der Waals surface area contributed by atoms with Gasteiger partial charge in [-0.25, -0.2) is 0 Å². The van der Waals surface area contributed by atoms with Crippen molar-refractivity contribution >= 4 is 23.2 Å². The van der Waals surface area contributed by atoms with Gasteiger partial charge in [0, 0.05) is 0 Å². The van der Waals surface area contributed by atoms with Crippen LogP contribution < -0.4 is 15.9 Å². The summed E-state index contributed by atoms with van der Waals surface area (Å²) in [4.78, 5) is 0. The van der Waals surface area contributed by atoms with Crippen LogP contribution in [0, 0.1) is 0 Å². The zero-order valence-corrected chi connectivity index (χ0v) is 19.5. The summed E-state index contributed by atoms with van der Waals surface area (Å²) in [5, 5.41) is 4.52. The van der Waals surface area contributed by atoms with Crippen molar-refractivity contribution in [1.29, 1.82) is 0 Å². The average Bonchev–Trinajstić information content (AvgIpc) is 2.85. The van der Waals surface area contributed by atoms with Crippen LogP contribution in [0.4, 0.5) is 0 Å². The fourth-order valence-electron chi connectivity index (χ4n) is 4.82. The molecule has 0 heterocycles. The Hall–Kier alpha value is -2.69. The van der Waals surface area contributed by atoms with E-state index >= 15 is 0 Å². The summed E-state index contributed by atoms with van der Waals surface area (Å²) < 4.78 is 0. The molecule has 1 heteroatoms. The first kappa shape index (κ1) is 21.5. The van der Waals surface area contributed by atoms with Crippen molar-refractivity contribution in [2.75, 3.05) is 6.16 Å². The van der Waals surface area contributed by atoms with Gasteiger partial charge in [-0.15, -0.1) is 0 Å². The van der Waals surface area contributed by atoms with E-state index in [4.69, 9.17) is 0 Å². The molecule has 0 nitrogen and oxygen atoms in total. The molecule has 0 aliphatic rings. The first-order valence-electron chi connectivity index (χ1n) is 11.6. The van der Waals surface area contributed by atoms with E-state index < -0.39 is 7.26 Å². The molecule has 0 fully saturated rings. The van der Waals surface area contributed by atoms with Crippen LogP contribution in [0.25, 0.3) is 0 Å². The maximum atomic E-state index is 2.35. The topological polar surface area (TPSA) is 0 Å². The second kappa shape index (κ2) is 10.6. The second-order valence-corrected chi connectivity index (χ2v) is 12.5. The molecule has 0 unspecified atom stereocenters. The van der Waals surface area contributed by atoms with Crippen LogP contribution >= 0.6 is 7.26 Å². The van der Waals surface area contributed by atoms with Gasteiger partial charge in [0.05, 0.1) is 0 Å². The maximum absolute atomic E-state index is 2.35. The molecule has 0 amide bonds. The van der Waals surface area contributed by atoms with E-state index in [2.05, 4.69) is 122 Å². The average molecular weight is 425 g/mol. The third-order valence-electron chi connectivity index (χ3n) is 6.38. The van der Waals surface area contributed by atoms with Gasteiger partial charge in [0.1, 0.15) is 0 Å². The van der Waals surface area contributed by atoms with E-state index in [0.717, 1.165) is 6.42 Å². The van der Waals surface area contributed by atoms with Crippen LogP contribution in [-0.2, 0) is 12.8 Å². The van der Waals surface area contributed by atoms with Crippen molar-refractivity contribution in [1.82, 2.24) is 0 Å². The van der Waals surface area contributed by atoms with E-state index in [1.54, 1.807) is 0 Å². The molecule has 0 spiro atoms. The Morgan fingerprint density at radius 3 is 1.26 bits per heavy atom. The number of rotatable bonds is 9. The van der Waals surface area contributed by atoms with Crippen LogP contribution in [0.3, 0.4) is 0 Å². The standard InChI is InChI=1S/C30H33P/c1-2-13-26-21-23-27(24-22-26)14-12-25-31(28-15-6-3-7-16-28,29-17-8-4-9-18-29)30-19-10-5-11-20-30/h3-11,15-24,31H,2,12-14,25H2,1H3. The van der Waals surface area contributed by atoms with Gasteiger partial charge in [-0.1, -0.05) is 0 Å². The summed E-state index contributed by atoms with van der Waals surface area (Å²) in [5.74, 6) is 0. The molecular formula is C30H33P. The Morgan fingerprint density at radius 2 is 0.871 bits per heavy atom. The summed E-state index contributed by atoms with van der Waals surface area (Å²) in [6.45, 7) is 2.24. The molecule has 31 heavy (non-hydrogen) atoms. The molecule has 0 aliphatic carbocycles. The Morgan fingerprint density at radius 1 is 0.484 bits per heavy atom. The summed E-state index contributed by atoms with van der Waals surface area (Å²) in [5.41, 5.74) is 2.91. The van der Waals surface area contributed by atoms with Crippen molar-refractivity contribution in [3.63, 3.8) is 0 Å². The van der Waals surface area contributed by atoms with Gasteiger partial charge in [0.15, 0.2) is 0 Å². The summed E-state index contributed by atoms with van der Waals surface area (Å²) in [6, 6.07) is 43.0. The molecule has 0 saturated heterocycles. The Balaban J connectivity index is 1.68. The van der Waals surface area contributed by atoms with Gasteiger partial charge in [-0.2, -0.15) is 0 Å². The minimum absolute atomic E-state index is 1.13. The first-order chi connectivity index (χ1) is 15.3. The normalized spacial score (nSPS) is 11.9. The van der Waals surface area contributed by atoms with Gasteiger partial charge >= 0.3 is 188 Å². The summed E-state index contributed by atoms with van der Waals surface area (Å²) >= 11 is 0. The third kappa shape index (κ3) is 4.97. The minimum atomic E-state index is -2.10. The quantitative estimate of drug-likeness (QED) is 0.277. The molecule has 4 rings (SSSR count). The van der Waals surface area contributed by atoms with Crippen molar-refractivity contribution in [2.24, 2.45) is 0 Å². The third-order valence-corrected chi connectivity index (χ3v) is 11.4. The van der Waals surface area contributed by atoms with Gasteiger partial charge in [0.25, 0.3) is 0 Å². The van der Waals surface area contributed by atoms with Gasteiger partial charge in [-0.05, 0) is 0 Å². The summed E-state index contributed by atoms with van der Waals surface area (Å²) in [6.07, 6.45) is 5.92. The molecular weight excluding hydrogens is 391 g/mol. The molecule has 0 saturated carbocycles. The Kier molecular flexibility index (Phi) is 7.34. The predicted octanol–water partition coefficient (Wildman–Crippen LogP) is 6.30. The van der Waals surface area contributed by atoms with E-state index in [-0.39, 0.29) is 0 Å². The van der Waals surface area contributed by atoms with E-state index in [9.17, 15) is 0 Å². The van der Waals surface area contributed by atoms with Crippen LogP contribution in [-0.4, -0.2) is 6.16 Å². The van der Waals surface area contributed by atoms with Crippen molar-refractivity contribution in [2.45, 2.75) is 32.6 Å². The zero-order chi connectivity index (χ0) is 21.4. The number of aryl methyl sites for hydroxylation is 2. The van der Waals surface area contributed by atoms with Crippen molar-refractivity contribution < 1.29 is 0 Å². The SMILES string of the molecule is CCCc1ccc(CCC[PH](c2ccccc2)(c2ccccc2)c2ccccc2)cc1. The fraction of sp³-hybridized carbons (Fsp3) is 0.200. The second-order valence-electron chi connectivity index (χ2n) is 8.42. The van der Waals surface area contributed by atoms with E-state index in [0.29, 0.717) is 0 Å². The van der Waals surface area contributed by atoms with E-state index in [1.807, 2.05) is 0 Å². The fourth-order valence-corrected chi connectivity index (χ4v) is 9.68. The Bertz CT molecular complexity index is 941. The van der Waals surface area contributed by atoms with Crippen molar-refractivity contribution in [3.8, 4) is 0 Å². The Labute approximate surface area is 188 Å². The van der Waals surface area contributed by atoms with Crippen LogP contribution in [0.15, 0.2) is 115 Å². The number of benzene rings is 4. The van der Waals surface area contributed by atoms with Gasteiger partial charge in [-0.3, -0.25) is 0 Å². The monoisotopic (exact) mass is 424 g/mol. The number of hydrogen-bond donors (Lipinski definition) is 0. The summed E-state index contributed by atoms with van der Waals surface area (Å²) in [7, 11) is -2.10. The molecule has 0 radical (unpaired) electrons. The molecule has 4 aromatic rings. The number of hydrogen-bond acceptors (Lipinski definition) is 0. The van der Waals surface area contributed by atoms with Crippen LogP contribution in [0.1, 0.15) is 30.9 Å². The molecule has 0 aliphatic heterocycles. The van der Waals surface area contributed by atoms with Gasteiger partial charge < -0.3 is 0 Å². The molecule has 0 aromatic heterocycles. The molecule has 0 bridgehead atoms.